The number of anilines is 1. The highest BCUT2D eigenvalue weighted by Gasteiger charge is 2.35. The van der Waals surface area contributed by atoms with Crippen LogP contribution in [0.1, 0.15) is 30.0 Å². The lowest BCUT2D eigenvalue weighted by Crippen LogP contribution is -2.53. The van der Waals surface area contributed by atoms with E-state index in [1.165, 1.54) is 24.1 Å². The number of halogens is 2. The maximum absolute atomic E-state index is 14.5. The van der Waals surface area contributed by atoms with Crippen LogP contribution in [0.3, 0.4) is 0 Å². The van der Waals surface area contributed by atoms with Crippen molar-refractivity contribution in [2.24, 2.45) is 0 Å². The van der Waals surface area contributed by atoms with Gasteiger partial charge in [0.15, 0.2) is 0 Å². The highest BCUT2D eigenvalue weighted by atomic mass is 35.5. The summed E-state index contributed by atoms with van der Waals surface area (Å²) < 4.78 is 34.6. The molecule has 0 bridgehead atoms. The second kappa shape index (κ2) is 16.0. The standard InChI is InChI=1S/C35H37Cl2N3O5S/c1-4-21-38-35(42)33(22-26-9-6-5-7-10-26)39(23-30-31(36)11-8-12-32(30)37)34(41)24-40(27-15-17-28(45-3)18-16-27)46(43,44)29-19-13-25(2)14-20-29/h5-20,33H,4,21-24H2,1-3H3,(H,38,42)/t33-/m1/s1. The first-order chi connectivity index (χ1) is 22.0. The molecule has 0 fully saturated rings. The molecule has 0 aromatic heterocycles. The SMILES string of the molecule is CCCNC(=O)[C@@H](Cc1ccccc1)N(Cc1c(Cl)cccc1Cl)C(=O)CN(c1ccc(OC)cc1)S(=O)(=O)c1ccc(C)cc1. The van der Waals surface area contributed by atoms with E-state index in [9.17, 15) is 18.0 Å². The van der Waals surface area contributed by atoms with Crippen molar-refractivity contribution in [1.82, 2.24) is 10.2 Å². The van der Waals surface area contributed by atoms with E-state index in [1.807, 2.05) is 44.2 Å². The average molecular weight is 683 g/mol. The van der Waals surface area contributed by atoms with Crippen LogP contribution in [-0.4, -0.2) is 51.4 Å². The molecule has 0 aliphatic heterocycles. The van der Waals surface area contributed by atoms with Crippen LogP contribution in [0.5, 0.6) is 5.75 Å². The Hall–Kier alpha value is -4.05. The van der Waals surface area contributed by atoms with E-state index < -0.39 is 28.5 Å². The summed E-state index contributed by atoms with van der Waals surface area (Å²) in [6.45, 7) is 3.46. The third-order valence-corrected chi connectivity index (χ3v) is 9.96. The average Bonchev–Trinajstić information content (AvgIpc) is 3.05. The van der Waals surface area contributed by atoms with Gasteiger partial charge in [-0.2, -0.15) is 0 Å². The molecule has 0 aliphatic rings. The number of sulfonamides is 1. The molecule has 4 aromatic carbocycles. The summed E-state index contributed by atoms with van der Waals surface area (Å²) in [6, 6.07) is 26.1. The number of nitrogens with one attached hydrogen (secondary N) is 1. The van der Waals surface area contributed by atoms with Crippen LogP contribution >= 0.6 is 23.2 Å². The molecule has 0 radical (unpaired) electrons. The van der Waals surface area contributed by atoms with Crippen LogP contribution in [0.2, 0.25) is 10.0 Å². The van der Waals surface area contributed by atoms with E-state index in [0.29, 0.717) is 34.3 Å². The first-order valence-electron chi connectivity index (χ1n) is 14.8. The second-order valence-corrected chi connectivity index (χ2v) is 13.4. The Bertz CT molecular complexity index is 1710. The zero-order valence-corrected chi connectivity index (χ0v) is 28.3. The molecular weight excluding hydrogens is 645 g/mol. The lowest BCUT2D eigenvalue weighted by atomic mass is 10.0. The van der Waals surface area contributed by atoms with Crippen molar-refractivity contribution in [1.29, 1.82) is 0 Å². The van der Waals surface area contributed by atoms with E-state index in [2.05, 4.69) is 5.32 Å². The van der Waals surface area contributed by atoms with Crippen molar-refractivity contribution in [3.05, 3.63) is 124 Å². The quantitative estimate of drug-likeness (QED) is 0.160. The van der Waals surface area contributed by atoms with Crippen molar-refractivity contribution in [2.45, 2.75) is 44.2 Å². The van der Waals surface area contributed by atoms with E-state index in [1.54, 1.807) is 54.6 Å². The van der Waals surface area contributed by atoms with Gasteiger partial charge in [-0.15, -0.1) is 0 Å². The van der Waals surface area contributed by atoms with Gasteiger partial charge < -0.3 is 15.0 Å². The Morgan fingerprint density at radius 1 is 0.870 bits per heavy atom. The normalized spacial score (nSPS) is 11.8. The summed E-state index contributed by atoms with van der Waals surface area (Å²) in [4.78, 5) is 29.7. The molecule has 8 nitrogen and oxygen atoms in total. The van der Waals surface area contributed by atoms with Gasteiger partial charge in [-0.05, 0) is 67.4 Å². The van der Waals surface area contributed by atoms with Crippen molar-refractivity contribution in [2.75, 3.05) is 24.5 Å². The van der Waals surface area contributed by atoms with Gasteiger partial charge in [0.1, 0.15) is 18.3 Å². The second-order valence-electron chi connectivity index (χ2n) is 10.7. The summed E-state index contributed by atoms with van der Waals surface area (Å²) in [7, 11) is -2.73. The maximum atomic E-state index is 14.5. The van der Waals surface area contributed by atoms with Gasteiger partial charge in [-0.3, -0.25) is 13.9 Å². The number of amides is 2. The smallest absolute Gasteiger partial charge is 0.264 e. The van der Waals surface area contributed by atoms with Gasteiger partial charge in [0.2, 0.25) is 11.8 Å². The van der Waals surface area contributed by atoms with Crippen LogP contribution < -0.4 is 14.4 Å². The van der Waals surface area contributed by atoms with Crippen LogP contribution in [0.15, 0.2) is 102 Å². The molecule has 11 heteroatoms. The molecule has 242 valence electrons. The Kier molecular flexibility index (Phi) is 12.1. The number of nitrogens with zero attached hydrogens (tertiary/aromatic N) is 2. The molecule has 4 rings (SSSR count). The van der Waals surface area contributed by atoms with Crippen LogP contribution in [0.4, 0.5) is 5.69 Å². The first-order valence-corrected chi connectivity index (χ1v) is 17.0. The lowest BCUT2D eigenvalue weighted by Gasteiger charge is -2.34. The first kappa shape index (κ1) is 34.8. The number of benzene rings is 4. The molecule has 1 atom stereocenters. The van der Waals surface area contributed by atoms with Crippen molar-refractivity contribution < 1.29 is 22.7 Å². The number of hydrogen-bond acceptors (Lipinski definition) is 5. The lowest BCUT2D eigenvalue weighted by molar-refractivity contribution is -0.140. The fourth-order valence-electron chi connectivity index (χ4n) is 4.89. The van der Waals surface area contributed by atoms with Gasteiger partial charge in [0.25, 0.3) is 10.0 Å². The molecule has 2 amide bonds. The number of aryl methyl sites for hydroxylation is 1. The predicted octanol–water partition coefficient (Wildman–Crippen LogP) is 6.67. The van der Waals surface area contributed by atoms with Crippen molar-refractivity contribution in [3.8, 4) is 5.75 Å². The molecule has 0 saturated carbocycles. The monoisotopic (exact) mass is 681 g/mol. The van der Waals surface area contributed by atoms with Gasteiger partial charge in [0, 0.05) is 35.1 Å². The summed E-state index contributed by atoms with van der Waals surface area (Å²) in [5, 5.41) is 3.55. The minimum atomic E-state index is -4.23. The minimum Gasteiger partial charge on any atom is -0.497 e. The molecule has 0 spiro atoms. The van der Waals surface area contributed by atoms with Crippen LogP contribution in [0.25, 0.3) is 0 Å². The molecule has 1 N–H and O–H groups in total. The summed E-state index contributed by atoms with van der Waals surface area (Å²) in [5.74, 6) is -0.469. The number of carbonyl (C=O) groups excluding carboxylic acids is 2. The number of ether oxygens (including phenoxy) is 1. The van der Waals surface area contributed by atoms with Crippen molar-refractivity contribution >= 4 is 50.7 Å². The Balaban J connectivity index is 1.83. The molecular formula is C35H37Cl2N3O5S. The van der Waals surface area contributed by atoms with E-state index in [0.717, 1.165) is 15.4 Å². The molecule has 0 aliphatic carbocycles. The van der Waals surface area contributed by atoms with Gasteiger partial charge in [0.05, 0.1) is 17.7 Å². The summed E-state index contributed by atoms with van der Waals surface area (Å²) in [6.07, 6.45) is 0.867. The highest BCUT2D eigenvalue weighted by Crippen LogP contribution is 2.30. The molecule has 0 unspecified atom stereocenters. The third kappa shape index (κ3) is 8.60. The number of methoxy groups -OCH3 is 1. The van der Waals surface area contributed by atoms with Crippen molar-refractivity contribution in [3.63, 3.8) is 0 Å². The molecule has 0 heterocycles. The largest absolute Gasteiger partial charge is 0.497 e. The Morgan fingerprint density at radius 3 is 2.09 bits per heavy atom. The highest BCUT2D eigenvalue weighted by molar-refractivity contribution is 7.92. The van der Waals surface area contributed by atoms with E-state index in [4.69, 9.17) is 27.9 Å². The fraction of sp³-hybridized carbons (Fsp3) is 0.257. The third-order valence-electron chi connectivity index (χ3n) is 7.46. The maximum Gasteiger partial charge on any atom is 0.264 e. The summed E-state index contributed by atoms with van der Waals surface area (Å²) >= 11 is 13.1. The van der Waals surface area contributed by atoms with Gasteiger partial charge in [-0.25, -0.2) is 8.42 Å². The number of rotatable bonds is 14. The Morgan fingerprint density at radius 2 is 1.50 bits per heavy atom. The minimum absolute atomic E-state index is 0.0175. The van der Waals surface area contributed by atoms with Gasteiger partial charge in [-0.1, -0.05) is 84.2 Å². The van der Waals surface area contributed by atoms with E-state index >= 15 is 0 Å². The zero-order chi connectivity index (χ0) is 33.3. The molecule has 0 saturated heterocycles. The fourth-order valence-corrected chi connectivity index (χ4v) is 6.82. The Labute approximate surface area is 280 Å². The van der Waals surface area contributed by atoms with Crippen LogP contribution in [0, 0.1) is 6.92 Å². The number of carbonyl (C=O) groups is 2. The molecule has 4 aromatic rings. The van der Waals surface area contributed by atoms with Gasteiger partial charge >= 0.3 is 0 Å². The predicted molar refractivity (Wildman–Crippen MR) is 183 cm³/mol. The number of hydrogen-bond donors (Lipinski definition) is 1. The molecule has 46 heavy (non-hydrogen) atoms. The summed E-state index contributed by atoms with van der Waals surface area (Å²) in [5.41, 5.74) is 2.40. The topological polar surface area (TPSA) is 96.0 Å². The zero-order valence-electron chi connectivity index (χ0n) is 26.0. The van der Waals surface area contributed by atoms with Crippen LogP contribution in [-0.2, 0) is 32.6 Å². The van der Waals surface area contributed by atoms with E-state index in [-0.39, 0.29) is 29.5 Å².